The predicted octanol–water partition coefficient (Wildman–Crippen LogP) is 4.50. The second-order valence-electron chi connectivity index (χ2n) is 11.9. The van der Waals surface area contributed by atoms with Crippen molar-refractivity contribution in [1.82, 2.24) is 24.4 Å². The van der Waals surface area contributed by atoms with Crippen molar-refractivity contribution in [2.45, 2.75) is 50.8 Å². The summed E-state index contributed by atoms with van der Waals surface area (Å²) in [5.41, 5.74) is 9.56. The third-order valence-corrected chi connectivity index (χ3v) is 8.95. The Kier molecular flexibility index (Phi) is 9.12. The average molecular weight is 618 g/mol. The van der Waals surface area contributed by atoms with Crippen LogP contribution in [-0.4, -0.2) is 75.7 Å². The monoisotopic (exact) mass is 617 g/mol. The zero-order chi connectivity index (χ0) is 30.1. The number of anilines is 1. The van der Waals surface area contributed by atoms with Crippen molar-refractivity contribution in [1.29, 1.82) is 0 Å². The summed E-state index contributed by atoms with van der Waals surface area (Å²) in [5, 5.41) is 4.81. The average Bonchev–Trinajstić information content (AvgIpc) is 3.78. The molecule has 2 aliphatic heterocycles. The molecule has 2 N–H and O–H groups in total. The van der Waals surface area contributed by atoms with Crippen LogP contribution in [0.4, 0.5) is 10.6 Å². The van der Waals surface area contributed by atoms with E-state index in [4.69, 9.17) is 20.6 Å². The first kappa shape index (κ1) is 31.3. The maximum Gasteiger partial charge on any atom is 0.410 e. The van der Waals surface area contributed by atoms with E-state index < -0.39 is 11.5 Å². The molecule has 2 fully saturated rings. The fourth-order valence-electron chi connectivity index (χ4n) is 6.30. The number of aryl methyl sites for hydroxylation is 1. The van der Waals surface area contributed by atoms with Crippen LogP contribution >= 0.6 is 12.4 Å². The number of halogens is 1. The molecule has 1 unspecified atom stereocenters. The molecule has 0 aliphatic carbocycles. The van der Waals surface area contributed by atoms with Gasteiger partial charge < -0.3 is 25.2 Å². The molecule has 2 aromatic carbocycles. The molecular formula is C33H40ClN7O3. The lowest BCUT2D eigenvalue weighted by Crippen LogP contribution is -2.48. The highest BCUT2D eigenvalue weighted by atomic mass is 35.5. The van der Waals surface area contributed by atoms with Gasteiger partial charge in [0.15, 0.2) is 5.65 Å². The number of benzene rings is 2. The molecular weight excluding hydrogens is 578 g/mol. The molecule has 4 aromatic rings. The molecule has 3 atom stereocenters. The molecule has 0 bridgehead atoms. The molecule has 2 amide bonds. The largest absolute Gasteiger partial charge is 0.445 e. The molecule has 11 heteroatoms. The molecule has 0 saturated carbocycles. The SMILES string of the molecule is Cc1cn2nc([C@H](C)N(C)C(=O)C3(c4ccccc4)CCN(C(=O)OCc4ccccc4)C3)cc2nc1N1CC[C@H](N)C1.Cl. The van der Waals surface area contributed by atoms with E-state index in [2.05, 4.69) is 4.90 Å². The lowest BCUT2D eigenvalue weighted by Gasteiger charge is -2.35. The molecule has 6 rings (SSSR count). The van der Waals surface area contributed by atoms with Gasteiger partial charge in [0, 0.05) is 57.1 Å². The molecule has 4 heterocycles. The van der Waals surface area contributed by atoms with Crippen molar-refractivity contribution < 1.29 is 14.3 Å². The molecule has 0 radical (unpaired) electrons. The van der Waals surface area contributed by atoms with Gasteiger partial charge in [-0.05, 0) is 37.8 Å². The Morgan fingerprint density at radius 3 is 2.50 bits per heavy atom. The lowest BCUT2D eigenvalue weighted by molar-refractivity contribution is -0.137. The summed E-state index contributed by atoms with van der Waals surface area (Å²) in [6.45, 7) is 6.55. The highest BCUT2D eigenvalue weighted by molar-refractivity contribution is 5.90. The quantitative estimate of drug-likeness (QED) is 0.325. The number of rotatable bonds is 7. The van der Waals surface area contributed by atoms with Crippen LogP contribution in [0.2, 0.25) is 0 Å². The van der Waals surface area contributed by atoms with Gasteiger partial charge in [-0.2, -0.15) is 5.10 Å². The number of hydrogen-bond donors (Lipinski definition) is 1. The van der Waals surface area contributed by atoms with Crippen LogP contribution in [0.15, 0.2) is 72.9 Å². The molecule has 10 nitrogen and oxygen atoms in total. The Labute approximate surface area is 264 Å². The van der Waals surface area contributed by atoms with Crippen LogP contribution in [0.5, 0.6) is 0 Å². The van der Waals surface area contributed by atoms with Crippen LogP contribution in [0.1, 0.15) is 48.2 Å². The van der Waals surface area contributed by atoms with Gasteiger partial charge in [-0.3, -0.25) is 4.79 Å². The van der Waals surface area contributed by atoms with Crippen LogP contribution in [-0.2, 0) is 21.6 Å². The van der Waals surface area contributed by atoms with E-state index in [0.29, 0.717) is 13.0 Å². The molecule has 2 saturated heterocycles. The third-order valence-electron chi connectivity index (χ3n) is 8.95. The number of nitrogens with zero attached hydrogens (tertiary/aromatic N) is 6. The summed E-state index contributed by atoms with van der Waals surface area (Å²) in [5.74, 6) is 0.870. The number of nitrogens with two attached hydrogens (primary N) is 1. The first-order valence-electron chi connectivity index (χ1n) is 14.9. The van der Waals surface area contributed by atoms with Crippen molar-refractivity contribution >= 4 is 35.9 Å². The van der Waals surface area contributed by atoms with Gasteiger partial charge in [0.2, 0.25) is 5.91 Å². The first-order valence-corrected chi connectivity index (χ1v) is 14.9. The maximum absolute atomic E-state index is 14.4. The second kappa shape index (κ2) is 12.8. The highest BCUT2D eigenvalue weighted by Crippen LogP contribution is 2.38. The minimum Gasteiger partial charge on any atom is -0.445 e. The zero-order valence-corrected chi connectivity index (χ0v) is 26.2. The Morgan fingerprint density at radius 2 is 1.82 bits per heavy atom. The van der Waals surface area contributed by atoms with Gasteiger partial charge in [0.05, 0.1) is 17.2 Å². The van der Waals surface area contributed by atoms with Crippen molar-refractivity contribution in [2.75, 3.05) is 38.1 Å². The number of fused-ring (bicyclic) bond motifs is 1. The lowest BCUT2D eigenvalue weighted by atomic mass is 9.78. The van der Waals surface area contributed by atoms with Gasteiger partial charge in [0.25, 0.3) is 0 Å². The summed E-state index contributed by atoms with van der Waals surface area (Å²) in [7, 11) is 1.81. The van der Waals surface area contributed by atoms with Crippen molar-refractivity contribution in [2.24, 2.45) is 5.73 Å². The van der Waals surface area contributed by atoms with E-state index in [-0.39, 0.29) is 43.5 Å². The van der Waals surface area contributed by atoms with E-state index in [9.17, 15) is 9.59 Å². The molecule has 2 aromatic heterocycles. The van der Waals surface area contributed by atoms with Crippen molar-refractivity contribution in [3.63, 3.8) is 0 Å². The first-order chi connectivity index (χ1) is 20.7. The smallest absolute Gasteiger partial charge is 0.410 e. The van der Waals surface area contributed by atoms with Crippen LogP contribution in [0.3, 0.4) is 0 Å². The summed E-state index contributed by atoms with van der Waals surface area (Å²) < 4.78 is 7.41. The number of ether oxygens (including phenoxy) is 1. The fourth-order valence-corrected chi connectivity index (χ4v) is 6.30. The van der Waals surface area contributed by atoms with Gasteiger partial charge in [-0.25, -0.2) is 14.3 Å². The fraction of sp³-hybridized carbons (Fsp3) is 0.394. The van der Waals surface area contributed by atoms with Gasteiger partial charge >= 0.3 is 6.09 Å². The van der Waals surface area contributed by atoms with E-state index in [1.807, 2.05) is 93.8 Å². The van der Waals surface area contributed by atoms with Gasteiger partial charge in [0.1, 0.15) is 12.4 Å². The Hall–Kier alpha value is -4.15. The third kappa shape index (κ3) is 5.96. The van der Waals surface area contributed by atoms with E-state index in [1.165, 1.54) is 0 Å². The number of carbonyl (C=O) groups is 2. The van der Waals surface area contributed by atoms with E-state index in [1.54, 1.807) is 14.3 Å². The molecule has 2 aliphatic rings. The number of likely N-dealkylation sites (tertiary alicyclic amines) is 1. The normalized spacial score (nSPS) is 20.4. The standard InChI is InChI=1S/C33H39N7O3.ClH/c1-23-19-40-29(35-30(23)38-16-14-27(34)20-38)18-28(36-40)24(2)37(3)31(41)33(26-12-8-5-9-13-26)15-17-39(22-33)32(42)43-21-25-10-6-4-7-11-25;/h4-13,18-19,24,27H,14-17,20-22,34H2,1-3H3;1H/t24-,27-,33?;/m0./s1. The molecule has 44 heavy (non-hydrogen) atoms. The summed E-state index contributed by atoms with van der Waals surface area (Å²) in [4.78, 5) is 38.1. The van der Waals surface area contributed by atoms with E-state index >= 15 is 0 Å². The van der Waals surface area contributed by atoms with E-state index in [0.717, 1.165) is 53.4 Å². The summed E-state index contributed by atoms with van der Waals surface area (Å²) >= 11 is 0. The summed E-state index contributed by atoms with van der Waals surface area (Å²) in [6, 6.07) is 21.1. The zero-order valence-electron chi connectivity index (χ0n) is 25.4. The van der Waals surface area contributed by atoms with Crippen LogP contribution in [0.25, 0.3) is 5.65 Å². The minimum atomic E-state index is -0.897. The Morgan fingerprint density at radius 1 is 1.11 bits per heavy atom. The van der Waals surface area contributed by atoms with Gasteiger partial charge in [-0.1, -0.05) is 60.7 Å². The number of hydrogen-bond acceptors (Lipinski definition) is 7. The second-order valence-corrected chi connectivity index (χ2v) is 11.9. The van der Waals surface area contributed by atoms with Crippen molar-refractivity contribution in [3.05, 3.63) is 95.3 Å². The number of aromatic nitrogens is 3. The molecule has 232 valence electrons. The summed E-state index contributed by atoms with van der Waals surface area (Å²) in [6.07, 6.45) is 3.02. The number of carbonyl (C=O) groups excluding carboxylic acids is 2. The van der Waals surface area contributed by atoms with Gasteiger partial charge in [-0.15, -0.1) is 12.4 Å². The predicted molar refractivity (Wildman–Crippen MR) is 172 cm³/mol. The topological polar surface area (TPSA) is 109 Å². The van der Waals surface area contributed by atoms with Crippen LogP contribution in [0, 0.1) is 6.92 Å². The Bertz CT molecular complexity index is 1620. The van der Waals surface area contributed by atoms with Crippen molar-refractivity contribution in [3.8, 4) is 0 Å². The highest BCUT2D eigenvalue weighted by Gasteiger charge is 2.49. The minimum absolute atomic E-state index is 0. The molecule has 0 spiro atoms. The Balaban J connectivity index is 0.00000384. The number of likely N-dealkylation sites (N-methyl/N-ethyl adjacent to an activating group) is 1. The number of amides is 2. The van der Waals surface area contributed by atoms with Crippen LogP contribution < -0.4 is 10.6 Å². The maximum atomic E-state index is 14.4.